The molecule has 0 aromatic carbocycles. The normalized spacial score (nSPS) is 12.9. The van der Waals surface area contributed by atoms with E-state index in [4.69, 9.17) is 0 Å². The van der Waals surface area contributed by atoms with Crippen LogP contribution in [0, 0.1) is 12.8 Å². The van der Waals surface area contributed by atoms with Crippen LogP contribution < -0.4 is 5.32 Å². The van der Waals surface area contributed by atoms with Crippen molar-refractivity contribution in [3.05, 3.63) is 11.9 Å². The minimum atomic E-state index is 0.709. The fourth-order valence-electron chi connectivity index (χ4n) is 1.45. The first-order valence-electron chi connectivity index (χ1n) is 5.45. The van der Waals surface area contributed by atoms with Gasteiger partial charge < -0.3 is 9.88 Å². The Morgan fingerprint density at radius 3 is 2.79 bits per heavy atom. The third-order valence-corrected chi connectivity index (χ3v) is 2.44. The van der Waals surface area contributed by atoms with E-state index in [1.807, 2.05) is 6.92 Å². The fraction of sp³-hybridized carbons (Fsp3) is 0.727. The van der Waals surface area contributed by atoms with Gasteiger partial charge in [0.25, 0.3) is 0 Å². The zero-order chi connectivity index (χ0) is 10.6. The van der Waals surface area contributed by atoms with Crippen LogP contribution in [-0.2, 0) is 6.54 Å². The molecule has 0 bridgehead atoms. The maximum Gasteiger partial charge on any atom is 0.203 e. The summed E-state index contributed by atoms with van der Waals surface area (Å²) < 4.78 is 2.22. The molecule has 0 saturated heterocycles. The molecule has 1 heterocycles. The van der Waals surface area contributed by atoms with Gasteiger partial charge in [-0.3, -0.25) is 0 Å². The molecular weight excluding hydrogens is 174 g/mol. The van der Waals surface area contributed by atoms with Crippen molar-refractivity contribution in [2.75, 3.05) is 11.9 Å². The van der Waals surface area contributed by atoms with Gasteiger partial charge in [0.2, 0.25) is 5.95 Å². The Hall–Kier alpha value is -0.990. The summed E-state index contributed by atoms with van der Waals surface area (Å²) in [6, 6.07) is 0. The van der Waals surface area contributed by atoms with Crippen LogP contribution in [0.4, 0.5) is 5.95 Å². The number of nitrogens with one attached hydrogen (secondary N) is 1. The number of aryl methyl sites for hydroxylation is 1. The van der Waals surface area contributed by atoms with Gasteiger partial charge in [0.05, 0.1) is 5.69 Å². The predicted octanol–water partition coefficient (Wildman–Crippen LogP) is 2.67. The van der Waals surface area contributed by atoms with E-state index in [0.717, 1.165) is 24.7 Å². The van der Waals surface area contributed by atoms with Crippen molar-refractivity contribution in [3.63, 3.8) is 0 Å². The number of anilines is 1. The summed E-state index contributed by atoms with van der Waals surface area (Å²) in [6.07, 6.45) is 3.33. The van der Waals surface area contributed by atoms with Crippen molar-refractivity contribution in [2.45, 2.75) is 40.7 Å². The van der Waals surface area contributed by atoms with Gasteiger partial charge in [-0.25, -0.2) is 4.98 Å². The number of aromatic nitrogens is 2. The topological polar surface area (TPSA) is 29.9 Å². The van der Waals surface area contributed by atoms with Crippen LogP contribution in [0.15, 0.2) is 6.20 Å². The first-order valence-corrected chi connectivity index (χ1v) is 5.45. The Kier molecular flexibility index (Phi) is 3.98. The van der Waals surface area contributed by atoms with E-state index in [9.17, 15) is 0 Å². The third-order valence-electron chi connectivity index (χ3n) is 2.44. The Balaban J connectivity index is 2.73. The summed E-state index contributed by atoms with van der Waals surface area (Å²) in [6.45, 7) is 10.6. The van der Waals surface area contributed by atoms with Crippen LogP contribution in [0.25, 0.3) is 0 Å². The summed E-state index contributed by atoms with van der Waals surface area (Å²) in [5.41, 5.74) is 1.09. The molecule has 0 saturated carbocycles. The van der Waals surface area contributed by atoms with Crippen molar-refractivity contribution in [1.29, 1.82) is 0 Å². The van der Waals surface area contributed by atoms with Gasteiger partial charge >= 0.3 is 0 Å². The molecule has 1 unspecified atom stereocenters. The van der Waals surface area contributed by atoms with Crippen LogP contribution in [0.3, 0.4) is 0 Å². The maximum absolute atomic E-state index is 4.44. The number of hydrogen-bond acceptors (Lipinski definition) is 2. The third kappa shape index (κ3) is 2.76. The van der Waals surface area contributed by atoms with E-state index in [1.165, 1.54) is 6.42 Å². The van der Waals surface area contributed by atoms with Crippen LogP contribution in [0.1, 0.15) is 32.9 Å². The van der Waals surface area contributed by atoms with Crippen molar-refractivity contribution in [2.24, 2.45) is 5.92 Å². The predicted molar refractivity (Wildman–Crippen MR) is 60.6 cm³/mol. The Morgan fingerprint density at radius 1 is 1.50 bits per heavy atom. The second-order valence-corrected chi connectivity index (χ2v) is 3.90. The lowest BCUT2D eigenvalue weighted by molar-refractivity contribution is 0.471. The molecule has 0 aliphatic rings. The Morgan fingerprint density at radius 2 is 2.21 bits per heavy atom. The lowest BCUT2D eigenvalue weighted by Gasteiger charge is -2.12. The van der Waals surface area contributed by atoms with Gasteiger partial charge in [0, 0.05) is 19.3 Å². The standard InChI is InChI=1S/C11H21N3/c1-5-9(3)7-14-8-10(4)13-11(14)12-6-2/h8-9H,5-7H2,1-4H3,(H,12,13). The molecule has 0 aliphatic heterocycles. The molecule has 1 atom stereocenters. The quantitative estimate of drug-likeness (QED) is 0.782. The number of nitrogens with zero attached hydrogens (tertiary/aromatic N) is 2. The van der Waals surface area contributed by atoms with Crippen molar-refractivity contribution in [3.8, 4) is 0 Å². The average molecular weight is 195 g/mol. The van der Waals surface area contributed by atoms with Crippen LogP contribution >= 0.6 is 0 Å². The molecule has 1 aromatic rings. The highest BCUT2D eigenvalue weighted by Gasteiger charge is 2.06. The van der Waals surface area contributed by atoms with E-state index in [1.54, 1.807) is 0 Å². The first kappa shape index (κ1) is 11.1. The summed E-state index contributed by atoms with van der Waals surface area (Å²) in [5.74, 6) is 1.71. The van der Waals surface area contributed by atoms with E-state index < -0.39 is 0 Å². The molecule has 1 N–H and O–H groups in total. The van der Waals surface area contributed by atoms with E-state index in [0.29, 0.717) is 5.92 Å². The number of hydrogen-bond donors (Lipinski definition) is 1. The summed E-state index contributed by atoms with van der Waals surface area (Å²) >= 11 is 0. The second kappa shape index (κ2) is 5.03. The number of rotatable bonds is 5. The Bertz CT molecular complexity index is 278. The van der Waals surface area contributed by atoms with Gasteiger partial charge in [-0.15, -0.1) is 0 Å². The molecule has 0 spiro atoms. The number of imidazole rings is 1. The molecule has 3 nitrogen and oxygen atoms in total. The van der Waals surface area contributed by atoms with Crippen LogP contribution in [-0.4, -0.2) is 16.1 Å². The van der Waals surface area contributed by atoms with Gasteiger partial charge in [0.15, 0.2) is 0 Å². The molecule has 80 valence electrons. The van der Waals surface area contributed by atoms with Crippen molar-refractivity contribution >= 4 is 5.95 Å². The molecule has 0 fully saturated rings. The zero-order valence-corrected chi connectivity index (χ0v) is 9.67. The van der Waals surface area contributed by atoms with Gasteiger partial charge in [-0.05, 0) is 19.8 Å². The summed E-state index contributed by atoms with van der Waals surface area (Å²) in [7, 11) is 0. The highest BCUT2D eigenvalue weighted by Crippen LogP contribution is 2.12. The minimum absolute atomic E-state index is 0.709. The van der Waals surface area contributed by atoms with Crippen molar-refractivity contribution in [1.82, 2.24) is 9.55 Å². The summed E-state index contributed by atoms with van der Waals surface area (Å²) in [5, 5.41) is 3.28. The zero-order valence-electron chi connectivity index (χ0n) is 9.67. The molecule has 0 amide bonds. The fourth-order valence-corrected chi connectivity index (χ4v) is 1.45. The molecule has 0 aliphatic carbocycles. The molecule has 14 heavy (non-hydrogen) atoms. The SMILES string of the molecule is CCNc1nc(C)cn1CC(C)CC. The van der Waals surface area contributed by atoms with E-state index >= 15 is 0 Å². The van der Waals surface area contributed by atoms with Crippen molar-refractivity contribution < 1.29 is 0 Å². The lowest BCUT2D eigenvalue weighted by atomic mass is 10.1. The summed E-state index contributed by atoms with van der Waals surface area (Å²) in [4.78, 5) is 4.44. The largest absolute Gasteiger partial charge is 0.356 e. The second-order valence-electron chi connectivity index (χ2n) is 3.90. The van der Waals surface area contributed by atoms with Crippen LogP contribution in [0.5, 0.6) is 0 Å². The smallest absolute Gasteiger partial charge is 0.203 e. The van der Waals surface area contributed by atoms with Gasteiger partial charge in [-0.2, -0.15) is 0 Å². The average Bonchev–Trinajstić information content (AvgIpc) is 2.47. The van der Waals surface area contributed by atoms with Gasteiger partial charge in [0.1, 0.15) is 0 Å². The molecule has 1 rings (SSSR count). The van der Waals surface area contributed by atoms with Crippen LogP contribution in [0.2, 0.25) is 0 Å². The van der Waals surface area contributed by atoms with Gasteiger partial charge in [-0.1, -0.05) is 20.3 Å². The molecular formula is C11H21N3. The molecule has 0 radical (unpaired) electrons. The lowest BCUT2D eigenvalue weighted by Crippen LogP contribution is -2.10. The Labute approximate surface area is 86.5 Å². The highest BCUT2D eigenvalue weighted by molar-refractivity contribution is 5.28. The van der Waals surface area contributed by atoms with E-state index in [-0.39, 0.29) is 0 Å². The minimum Gasteiger partial charge on any atom is -0.356 e. The highest BCUT2D eigenvalue weighted by atomic mass is 15.2. The van der Waals surface area contributed by atoms with E-state index in [2.05, 4.69) is 41.8 Å². The maximum atomic E-state index is 4.44. The monoisotopic (exact) mass is 195 g/mol. The first-order chi connectivity index (χ1) is 6.67. The molecule has 3 heteroatoms. The molecule has 1 aromatic heterocycles.